The molecular formula is C21H42NO4+. The molecule has 154 valence electrons. The van der Waals surface area contributed by atoms with Crippen LogP contribution in [-0.4, -0.2) is 61.1 Å². The Labute approximate surface area is 160 Å². The number of hydrogen-bond donors (Lipinski definition) is 2. The monoisotopic (exact) mass is 372 g/mol. The lowest BCUT2D eigenvalue weighted by Crippen LogP contribution is -2.42. The van der Waals surface area contributed by atoms with Gasteiger partial charge in [0, 0.05) is 6.61 Å². The SMILES string of the molecule is C[N+](C)(C)CC(CC(=O)O)OC=CCCCCCCCCCCCCO. The summed E-state index contributed by atoms with van der Waals surface area (Å²) in [7, 11) is 6.12. The molecule has 0 aromatic heterocycles. The van der Waals surface area contributed by atoms with E-state index < -0.39 is 5.97 Å². The molecule has 0 aliphatic carbocycles. The molecule has 2 N–H and O–H groups in total. The van der Waals surface area contributed by atoms with Crippen molar-refractivity contribution in [2.45, 2.75) is 83.2 Å². The van der Waals surface area contributed by atoms with Crippen molar-refractivity contribution in [1.29, 1.82) is 0 Å². The minimum Gasteiger partial charge on any atom is -0.492 e. The van der Waals surface area contributed by atoms with Crippen LogP contribution in [0, 0.1) is 0 Å². The van der Waals surface area contributed by atoms with E-state index in [4.69, 9.17) is 14.9 Å². The average Bonchev–Trinajstić information content (AvgIpc) is 2.53. The van der Waals surface area contributed by atoms with Gasteiger partial charge in [-0.2, -0.15) is 0 Å². The molecule has 5 nitrogen and oxygen atoms in total. The van der Waals surface area contributed by atoms with E-state index in [1.54, 1.807) is 6.26 Å². The maximum Gasteiger partial charge on any atom is 0.307 e. The summed E-state index contributed by atoms with van der Waals surface area (Å²) in [6, 6.07) is 0. The van der Waals surface area contributed by atoms with Crippen LogP contribution in [-0.2, 0) is 9.53 Å². The number of quaternary nitrogens is 1. The number of likely N-dealkylation sites (N-methyl/N-ethyl adjacent to an activating group) is 1. The van der Waals surface area contributed by atoms with E-state index in [-0.39, 0.29) is 12.5 Å². The van der Waals surface area contributed by atoms with Crippen molar-refractivity contribution in [3.8, 4) is 0 Å². The van der Waals surface area contributed by atoms with Gasteiger partial charge in [-0.15, -0.1) is 0 Å². The van der Waals surface area contributed by atoms with Crippen molar-refractivity contribution in [3.05, 3.63) is 12.3 Å². The number of carboxylic acids is 1. The smallest absolute Gasteiger partial charge is 0.307 e. The van der Waals surface area contributed by atoms with Crippen molar-refractivity contribution in [3.63, 3.8) is 0 Å². The van der Waals surface area contributed by atoms with E-state index in [1.165, 1.54) is 44.9 Å². The van der Waals surface area contributed by atoms with E-state index in [2.05, 4.69) is 0 Å². The Hall–Kier alpha value is -1.07. The molecule has 5 heteroatoms. The quantitative estimate of drug-likeness (QED) is 0.213. The molecule has 1 unspecified atom stereocenters. The van der Waals surface area contributed by atoms with Gasteiger partial charge < -0.3 is 19.4 Å². The van der Waals surface area contributed by atoms with Crippen molar-refractivity contribution in [2.24, 2.45) is 0 Å². The Morgan fingerprint density at radius 1 is 0.923 bits per heavy atom. The fourth-order valence-electron chi connectivity index (χ4n) is 2.98. The Morgan fingerprint density at radius 2 is 1.42 bits per heavy atom. The average molecular weight is 373 g/mol. The molecule has 1 atom stereocenters. The summed E-state index contributed by atoms with van der Waals surface area (Å²) in [4.78, 5) is 10.9. The third-order valence-corrected chi connectivity index (χ3v) is 4.30. The lowest BCUT2D eigenvalue weighted by molar-refractivity contribution is -0.873. The first-order valence-electron chi connectivity index (χ1n) is 10.3. The molecule has 0 aliphatic heterocycles. The zero-order valence-corrected chi connectivity index (χ0v) is 17.3. The molecule has 0 spiro atoms. The number of hydrogen-bond acceptors (Lipinski definition) is 3. The van der Waals surface area contributed by atoms with Crippen LogP contribution in [0.25, 0.3) is 0 Å². The van der Waals surface area contributed by atoms with E-state index in [0.717, 1.165) is 25.7 Å². The maximum absolute atomic E-state index is 10.9. The van der Waals surface area contributed by atoms with E-state index >= 15 is 0 Å². The summed E-state index contributed by atoms with van der Waals surface area (Å²) in [6.45, 7) is 1.01. The predicted molar refractivity (Wildman–Crippen MR) is 107 cm³/mol. The number of allylic oxidation sites excluding steroid dienone is 1. The van der Waals surface area contributed by atoms with Gasteiger partial charge in [0.25, 0.3) is 0 Å². The number of unbranched alkanes of at least 4 members (excludes halogenated alkanes) is 10. The summed E-state index contributed by atoms with van der Waals surface area (Å²) >= 11 is 0. The first kappa shape index (κ1) is 24.9. The van der Waals surface area contributed by atoms with Gasteiger partial charge in [-0.25, -0.2) is 0 Å². The second kappa shape index (κ2) is 16.1. The van der Waals surface area contributed by atoms with Crippen LogP contribution in [0.2, 0.25) is 0 Å². The van der Waals surface area contributed by atoms with Gasteiger partial charge in [0.05, 0.1) is 33.8 Å². The molecule has 0 amide bonds. The Kier molecular flexibility index (Phi) is 15.5. The minimum absolute atomic E-state index is 0.0415. The summed E-state index contributed by atoms with van der Waals surface area (Å²) in [6.07, 6.45) is 16.8. The number of aliphatic hydroxyl groups excluding tert-OH is 1. The number of carbonyl (C=O) groups is 1. The standard InChI is InChI=1S/C21H41NO4/c1-22(2,3)19-20(18-21(24)25)26-17-15-13-11-9-7-5-4-6-8-10-12-14-16-23/h15,17,20,23H,4-14,16,18-19H2,1-3H3/p+1. The minimum atomic E-state index is -0.815. The Bertz CT molecular complexity index is 364. The number of nitrogens with zero attached hydrogens (tertiary/aromatic N) is 1. The van der Waals surface area contributed by atoms with Crippen LogP contribution >= 0.6 is 0 Å². The van der Waals surface area contributed by atoms with Gasteiger partial charge in [-0.1, -0.05) is 51.4 Å². The van der Waals surface area contributed by atoms with Gasteiger partial charge in [-0.3, -0.25) is 4.79 Å². The molecule has 0 rings (SSSR count). The zero-order chi connectivity index (χ0) is 19.7. The van der Waals surface area contributed by atoms with Crippen LogP contribution in [0.5, 0.6) is 0 Å². The predicted octanol–water partition coefficient (Wildman–Crippen LogP) is 4.35. The number of rotatable bonds is 18. The van der Waals surface area contributed by atoms with E-state index in [0.29, 0.717) is 17.6 Å². The molecule has 0 aliphatic rings. The second-order valence-electron chi connectivity index (χ2n) is 8.25. The molecule has 0 aromatic rings. The van der Waals surface area contributed by atoms with Crippen LogP contribution < -0.4 is 0 Å². The third kappa shape index (κ3) is 19.3. The number of ether oxygens (including phenoxy) is 1. The fourth-order valence-corrected chi connectivity index (χ4v) is 2.98. The lowest BCUT2D eigenvalue weighted by atomic mass is 10.1. The molecular weight excluding hydrogens is 330 g/mol. The van der Waals surface area contributed by atoms with Gasteiger partial charge in [0.2, 0.25) is 0 Å². The second-order valence-corrected chi connectivity index (χ2v) is 8.25. The first-order valence-corrected chi connectivity index (χ1v) is 10.3. The highest BCUT2D eigenvalue weighted by Crippen LogP contribution is 2.12. The van der Waals surface area contributed by atoms with E-state index in [1.807, 2.05) is 27.2 Å². The summed E-state index contributed by atoms with van der Waals surface area (Å²) in [5, 5.41) is 17.7. The molecule has 0 saturated heterocycles. The number of aliphatic hydroxyl groups is 1. The summed E-state index contributed by atoms with van der Waals surface area (Å²) in [5.41, 5.74) is 0. The van der Waals surface area contributed by atoms with Gasteiger partial charge in [0.15, 0.2) is 6.10 Å². The largest absolute Gasteiger partial charge is 0.492 e. The Morgan fingerprint density at radius 3 is 1.88 bits per heavy atom. The highest BCUT2D eigenvalue weighted by molar-refractivity contribution is 5.67. The summed E-state index contributed by atoms with van der Waals surface area (Å²) < 4.78 is 6.32. The van der Waals surface area contributed by atoms with Crippen molar-refractivity contribution >= 4 is 5.97 Å². The summed E-state index contributed by atoms with van der Waals surface area (Å²) in [5.74, 6) is -0.815. The normalized spacial score (nSPS) is 13.2. The first-order chi connectivity index (χ1) is 12.3. The fraction of sp³-hybridized carbons (Fsp3) is 0.857. The van der Waals surface area contributed by atoms with E-state index in [9.17, 15) is 4.79 Å². The highest BCUT2D eigenvalue weighted by Gasteiger charge is 2.21. The molecule has 26 heavy (non-hydrogen) atoms. The maximum atomic E-state index is 10.9. The molecule has 0 aromatic carbocycles. The highest BCUT2D eigenvalue weighted by atomic mass is 16.5. The molecule has 0 radical (unpaired) electrons. The van der Waals surface area contributed by atoms with Crippen LogP contribution in [0.4, 0.5) is 0 Å². The molecule has 0 heterocycles. The zero-order valence-electron chi connectivity index (χ0n) is 17.3. The molecule has 0 fully saturated rings. The molecule has 0 bridgehead atoms. The van der Waals surface area contributed by atoms with Gasteiger partial charge in [-0.05, 0) is 25.3 Å². The third-order valence-electron chi connectivity index (χ3n) is 4.30. The van der Waals surface area contributed by atoms with Crippen molar-refractivity contribution < 1.29 is 24.2 Å². The molecule has 0 saturated carbocycles. The van der Waals surface area contributed by atoms with Crippen LogP contribution in [0.1, 0.15) is 77.0 Å². The van der Waals surface area contributed by atoms with Crippen molar-refractivity contribution in [1.82, 2.24) is 0 Å². The lowest BCUT2D eigenvalue weighted by Gasteiger charge is -2.28. The van der Waals surface area contributed by atoms with Gasteiger partial charge in [0.1, 0.15) is 6.54 Å². The van der Waals surface area contributed by atoms with Crippen LogP contribution in [0.15, 0.2) is 12.3 Å². The van der Waals surface area contributed by atoms with Crippen LogP contribution in [0.3, 0.4) is 0 Å². The number of carboxylic acid groups (broad SMARTS) is 1. The van der Waals surface area contributed by atoms with Crippen molar-refractivity contribution in [2.75, 3.05) is 34.3 Å². The topological polar surface area (TPSA) is 66.8 Å². The Balaban J connectivity index is 3.59. The number of aliphatic carboxylic acids is 1. The van der Waals surface area contributed by atoms with Gasteiger partial charge >= 0.3 is 5.97 Å².